The Hall–Kier alpha value is -4.15. The lowest BCUT2D eigenvalue weighted by Gasteiger charge is -2.33. The lowest BCUT2D eigenvalue weighted by atomic mass is 10.0. The van der Waals surface area contributed by atoms with E-state index < -0.39 is 28.5 Å². The van der Waals surface area contributed by atoms with E-state index in [4.69, 9.17) is 4.74 Å². The summed E-state index contributed by atoms with van der Waals surface area (Å²) in [5, 5.41) is 2.69. The van der Waals surface area contributed by atoms with Crippen LogP contribution in [0.4, 0.5) is 5.69 Å². The molecule has 10 heteroatoms. The Bertz CT molecular complexity index is 1660. The third-order valence-corrected chi connectivity index (χ3v) is 9.27. The molecule has 0 saturated carbocycles. The van der Waals surface area contributed by atoms with E-state index in [1.165, 1.54) is 31.2 Å². The zero-order valence-electron chi connectivity index (χ0n) is 24.2. The van der Waals surface area contributed by atoms with E-state index in [1.54, 1.807) is 36.4 Å². The van der Waals surface area contributed by atoms with E-state index in [-0.39, 0.29) is 29.5 Å². The highest BCUT2D eigenvalue weighted by Gasteiger charge is 2.34. The number of hydrogen-bond donors (Lipinski definition) is 1. The summed E-state index contributed by atoms with van der Waals surface area (Å²) in [6.45, 7) is 1.41. The first-order valence-corrected chi connectivity index (χ1v) is 15.9. The van der Waals surface area contributed by atoms with Crippen molar-refractivity contribution < 1.29 is 22.7 Å². The first-order chi connectivity index (χ1) is 20.6. The fraction of sp³-hybridized carbons (Fsp3) is 0.212. The maximum absolute atomic E-state index is 14.4. The van der Waals surface area contributed by atoms with Gasteiger partial charge < -0.3 is 15.0 Å². The fourth-order valence-electron chi connectivity index (χ4n) is 4.68. The van der Waals surface area contributed by atoms with Crippen molar-refractivity contribution >= 4 is 43.5 Å². The highest BCUT2D eigenvalue weighted by molar-refractivity contribution is 9.10. The molecule has 4 rings (SSSR count). The first kappa shape index (κ1) is 31.8. The molecule has 1 N–H and O–H groups in total. The fourth-order valence-corrected chi connectivity index (χ4v) is 6.54. The summed E-state index contributed by atoms with van der Waals surface area (Å²) in [6.07, 6.45) is 0.240. The van der Waals surface area contributed by atoms with Gasteiger partial charge in [-0.3, -0.25) is 13.9 Å². The van der Waals surface area contributed by atoms with E-state index >= 15 is 0 Å². The van der Waals surface area contributed by atoms with E-state index in [9.17, 15) is 18.0 Å². The number of anilines is 1. The van der Waals surface area contributed by atoms with Gasteiger partial charge in [0.1, 0.15) is 18.3 Å². The predicted molar refractivity (Wildman–Crippen MR) is 171 cm³/mol. The van der Waals surface area contributed by atoms with Gasteiger partial charge in [-0.25, -0.2) is 8.42 Å². The van der Waals surface area contributed by atoms with Crippen molar-refractivity contribution in [3.63, 3.8) is 0 Å². The number of nitrogens with zero attached hydrogens (tertiary/aromatic N) is 2. The maximum atomic E-state index is 14.4. The molecule has 8 nitrogen and oxygen atoms in total. The maximum Gasteiger partial charge on any atom is 0.264 e. The van der Waals surface area contributed by atoms with E-state index in [0.29, 0.717) is 5.75 Å². The average Bonchev–Trinajstić information content (AvgIpc) is 3.01. The van der Waals surface area contributed by atoms with Crippen molar-refractivity contribution in [1.82, 2.24) is 10.2 Å². The molecular formula is C33H34BrN3O5S. The minimum atomic E-state index is -4.19. The van der Waals surface area contributed by atoms with Crippen molar-refractivity contribution in [1.29, 1.82) is 0 Å². The van der Waals surface area contributed by atoms with Gasteiger partial charge in [-0.2, -0.15) is 0 Å². The Balaban J connectivity index is 1.80. The number of benzene rings is 4. The highest BCUT2D eigenvalue weighted by Crippen LogP contribution is 2.28. The Morgan fingerprint density at radius 2 is 1.56 bits per heavy atom. The Morgan fingerprint density at radius 1 is 0.884 bits per heavy atom. The number of carbonyl (C=O) groups excluding carboxylic acids is 2. The van der Waals surface area contributed by atoms with Crippen molar-refractivity contribution in [2.45, 2.75) is 30.8 Å². The van der Waals surface area contributed by atoms with Crippen LogP contribution >= 0.6 is 15.9 Å². The third kappa shape index (κ3) is 8.03. The van der Waals surface area contributed by atoms with Crippen LogP contribution in [0.25, 0.3) is 0 Å². The molecule has 2 amide bonds. The molecule has 1 unspecified atom stereocenters. The van der Waals surface area contributed by atoms with Crippen LogP contribution in [0.5, 0.6) is 5.75 Å². The molecule has 4 aromatic carbocycles. The summed E-state index contributed by atoms with van der Waals surface area (Å²) in [7, 11) is -1.19. The van der Waals surface area contributed by atoms with Crippen LogP contribution in [-0.2, 0) is 32.6 Å². The second kappa shape index (κ2) is 14.3. The number of sulfonamides is 1. The largest absolute Gasteiger partial charge is 0.497 e. The number of nitrogens with one attached hydrogen (secondary N) is 1. The number of ether oxygens (including phenoxy) is 1. The van der Waals surface area contributed by atoms with Crippen molar-refractivity contribution in [2.75, 3.05) is 25.0 Å². The van der Waals surface area contributed by atoms with Crippen molar-refractivity contribution in [3.05, 3.63) is 124 Å². The molecule has 1 atom stereocenters. The van der Waals surface area contributed by atoms with Gasteiger partial charge in [0.05, 0.1) is 17.7 Å². The number of carbonyl (C=O) groups is 2. The SMILES string of the molecule is CNC(=O)C(Cc1ccccc1)N(Cc1cccc(Br)c1)C(=O)CN(c1cccc(OC)c1)S(=O)(=O)c1ccc(C)cc1. The van der Waals surface area contributed by atoms with Gasteiger partial charge >= 0.3 is 0 Å². The van der Waals surface area contributed by atoms with Crippen LogP contribution in [0.2, 0.25) is 0 Å². The zero-order chi connectivity index (χ0) is 31.0. The molecule has 43 heavy (non-hydrogen) atoms. The standard InChI is InChI=1S/C33H34BrN3O5S/c1-24-15-17-30(18-16-24)43(40,41)37(28-13-8-14-29(21-28)42-3)23-32(38)36(22-26-11-7-12-27(34)19-26)31(33(39)35-2)20-25-9-5-4-6-10-25/h4-19,21,31H,20,22-23H2,1-3H3,(H,35,39). The third-order valence-electron chi connectivity index (χ3n) is 6.99. The normalized spacial score (nSPS) is 11.8. The van der Waals surface area contributed by atoms with E-state index in [1.807, 2.05) is 61.5 Å². The van der Waals surface area contributed by atoms with Gasteiger partial charge in [-0.1, -0.05) is 82.2 Å². The average molecular weight is 665 g/mol. The summed E-state index contributed by atoms with van der Waals surface area (Å²) < 4.78 is 35.4. The number of methoxy groups -OCH3 is 1. The molecule has 0 saturated heterocycles. The summed E-state index contributed by atoms with van der Waals surface area (Å²) in [5.41, 5.74) is 2.80. The van der Waals surface area contributed by atoms with Gasteiger partial charge in [0.15, 0.2) is 0 Å². The smallest absolute Gasteiger partial charge is 0.264 e. The Morgan fingerprint density at radius 3 is 2.21 bits per heavy atom. The minimum absolute atomic E-state index is 0.0411. The van der Waals surface area contributed by atoms with Crippen molar-refractivity contribution in [3.8, 4) is 5.75 Å². The molecule has 0 aliphatic heterocycles. The molecule has 0 heterocycles. The number of halogens is 1. The van der Waals surface area contributed by atoms with Crippen LogP contribution in [0.1, 0.15) is 16.7 Å². The molecule has 0 radical (unpaired) electrons. The summed E-state index contributed by atoms with van der Waals surface area (Å²) in [5.74, 6) is -0.461. The Kier molecular flexibility index (Phi) is 10.6. The van der Waals surface area contributed by atoms with E-state index in [2.05, 4.69) is 21.2 Å². The molecule has 0 fully saturated rings. The monoisotopic (exact) mass is 663 g/mol. The topological polar surface area (TPSA) is 96.0 Å². The van der Waals surface area contributed by atoms with Gasteiger partial charge in [-0.15, -0.1) is 0 Å². The van der Waals surface area contributed by atoms with Crippen LogP contribution in [0.3, 0.4) is 0 Å². The lowest BCUT2D eigenvalue weighted by Crippen LogP contribution is -2.53. The molecule has 0 aromatic heterocycles. The predicted octanol–water partition coefficient (Wildman–Crippen LogP) is 5.35. The van der Waals surface area contributed by atoms with Crippen LogP contribution in [0.15, 0.2) is 112 Å². The molecule has 0 spiro atoms. The minimum Gasteiger partial charge on any atom is -0.497 e. The van der Waals surface area contributed by atoms with Crippen LogP contribution < -0.4 is 14.4 Å². The number of likely N-dealkylation sites (N-methyl/N-ethyl adjacent to an activating group) is 1. The van der Waals surface area contributed by atoms with Crippen LogP contribution in [-0.4, -0.2) is 51.9 Å². The van der Waals surface area contributed by atoms with Crippen LogP contribution in [0, 0.1) is 6.92 Å². The molecule has 0 aliphatic rings. The molecular weight excluding hydrogens is 630 g/mol. The quantitative estimate of drug-likeness (QED) is 0.221. The zero-order valence-corrected chi connectivity index (χ0v) is 26.6. The Labute approximate surface area is 261 Å². The summed E-state index contributed by atoms with van der Waals surface area (Å²) in [4.78, 5) is 29.2. The summed E-state index contributed by atoms with van der Waals surface area (Å²) in [6, 6.07) is 28.9. The highest BCUT2D eigenvalue weighted by atomic mass is 79.9. The number of rotatable bonds is 12. The number of aryl methyl sites for hydroxylation is 1. The van der Waals surface area contributed by atoms with Gasteiger partial charge in [-0.05, 0) is 54.4 Å². The first-order valence-electron chi connectivity index (χ1n) is 13.6. The lowest BCUT2D eigenvalue weighted by molar-refractivity contribution is -0.139. The van der Waals surface area contributed by atoms with Crippen molar-refractivity contribution in [2.24, 2.45) is 0 Å². The number of hydrogen-bond acceptors (Lipinski definition) is 5. The molecule has 224 valence electrons. The van der Waals surface area contributed by atoms with Gasteiger partial charge in [0.25, 0.3) is 10.0 Å². The van der Waals surface area contributed by atoms with Gasteiger partial charge in [0.2, 0.25) is 11.8 Å². The number of amides is 2. The van der Waals surface area contributed by atoms with E-state index in [0.717, 1.165) is 25.5 Å². The molecule has 0 aliphatic carbocycles. The second-order valence-corrected chi connectivity index (χ2v) is 12.8. The molecule has 4 aromatic rings. The second-order valence-electron chi connectivity index (χ2n) is 10.00. The summed E-state index contributed by atoms with van der Waals surface area (Å²) >= 11 is 3.48. The molecule has 0 bridgehead atoms. The van der Waals surface area contributed by atoms with Gasteiger partial charge in [0, 0.05) is 30.6 Å².